The van der Waals surface area contributed by atoms with Crippen molar-refractivity contribution in [3.63, 3.8) is 0 Å². The lowest BCUT2D eigenvalue weighted by molar-refractivity contribution is 0.0697. The first-order valence-electron chi connectivity index (χ1n) is 9.45. The molecule has 0 radical (unpaired) electrons. The normalized spacial score (nSPS) is 15.3. The molecule has 0 bridgehead atoms. The summed E-state index contributed by atoms with van der Waals surface area (Å²) >= 11 is 0. The Labute approximate surface area is 155 Å². The number of carbonyl (C=O) groups is 1. The van der Waals surface area contributed by atoms with Crippen molar-refractivity contribution in [3.05, 3.63) is 40.9 Å². The molecule has 0 aromatic carbocycles. The van der Waals surface area contributed by atoms with E-state index in [0.717, 1.165) is 62.6 Å². The molecule has 0 spiro atoms. The number of likely N-dealkylation sites (tertiary alicyclic amines) is 1. The summed E-state index contributed by atoms with van der Waals surface area (Å²) in [5.41, 5.74) is 2.83. The van der Waals surface area contributed by atoms with Crippen molar-refractivity contribution in [3.8, 4) is 0 Å². The lowest BCUT2D eigenvalue weighted by Gasteiger charge is -2.30. The average molecular weight is 356 g/mol. The van der Waals surface area contributed by atoms with E-state index in [1.54, 1.807) is 6.20 Å². The Morgan fingerprint density at radius 3 is 2.69 bits per heavy atom. The molecular weight excluding hydrogens is 328 g/mol. The minimum Gasteiger partial charge on any atom is -0.370 e. The fraction of sp³-hybridized carbons (Fsp3) is 0.550. The summed E-state index contributed by atoms with van der Waals surface area (Å²) in [6.45, 7) is 8.68. The smallest absolute Gasteiger partial charge is 0.255 e. The van der Waals surface area contributed by atoms with Gasteiger partial charge in [0.15, 0.2) is 0 Å². The Hall–Kier alpha value is -2.37. The number of hydrogen-bond donors (Lipinski definition) is 1. The Balaban J connectivity index is 1.46. The van der Waals surface area contributed by atoms with E-state index in [9.17, 15) is 4.79 Å². The minimum absolute atomic E-state index is 0.0920. The number of rotatable bonds is 6. The summed E-state index contributed by atoms with van der Waals surface area (Å²) in [6.07, 6.45) is 5.75. The van der Waals surface area contributed by atoms with E-state index in [1.165, 1.54) is 5.56 Å². The van der Waals surface area contributed by atoms with Crippen LogP contribution in [0.15, 0.2) is 22.9 Å². The molecule has 0 atom stereocenters. The molecule has 1 fully saturated rings. The summed E-state index contributed by atoms with van der Waals surface area (Å²) in [4.78, 5) is 18.9. The van der Waals surface area contributed by atoms with Gasteiger partial charge in [0.2, 0.25) is 0 Å². The number of amides is 1. The topological polar surface area (TPSA) is 71.3 Å². The van der Waals surface area contributed by atoms with E-state index >= 15 is 0 Å². The summed E-state index contributed by atoms with van der Waals surface area (Å²) in [5.74, 6) is 2.51. The van der Waals surface area contributed by atoms with Crippen LogP contribution in [-0.4, -0.2) is 40.6 Å². The number of hydrogen-bond acceptors (Lipinski definition) is 5. The molecule has 3 heterocycles. The Morgan fingerprint density at radius 2 is 2.08 bits per heavy atom. The first-order valence-corrected chi connectivity index (χ1v) is 9.45. The maximum absolute atomic E-state index is 12.5. The highest BCUT2D eigenvalue weighted by Gasteiger charge is 2.21. The number of aryl methyl sites for hydroxylation is 2. The summed E-state index contributed by atoms with van der Waals surface area (Å²) in [6, 6.07) is 3.75. The molecule has 0 aliphatic carbocycles. The van der Waals surface area contributed by atoms with Gasteiger partial charge >= 0.3 is 0 Å². The summed E-state index contributed by atoms with van der Waals surface area (Å²) < 4.78 is 5.18. The van der Waals surface area contributed by atoms with Crippen molar-refractivity contribution in [2.24, 2.45) is 5.92 Å². The van der Waals surface area contributed by atoms with Crippen LogP contribution in [0.2, 0.25) is 0 Å². The highest BCUT2D eigenvalue weighted by Crippen LogP contribution is 2.18. The molecule has 2 aromatic rings. The van der Waals surface area contributed by atoms with Gasteiger partial charge in [0.25, 0.3) is 5.91 Å². The largest absolute Gasteiger partial charge is 0.370 e. The molecule has 1 amide bonds. The first-order chi connectivity index (χ1) is 12.5. The molecule has 26 heavy (non-hydrogen) atoms. The molecule has 6 nitrogen and oxygen atoms in total. The van der Waals surface area contributed by atoms with E-state index in [-0.39, 0.29) is 5.91 Å². The van der Waals surface area contributed by atoms with Gasteiger partial charge in [-0.1, -0.05) is 12.1 Å². The van der Waals surface area contributed by atoms with Crippen LogP contribution in [0.1, 0.15) is 53.6 Å². The molecule has 140 valence electrons. The molecule has 2 aromatic heterocycles. The maximum Gasteiger partial charge on any atom is 0.255 e. The quantitative estimate of drug-likeness (QED) is 0.801. The van der Waals surface area contributed by atoms with Gasteiger partial charge in [0.05, 0.1) is 11.3 Å². The molecule has 1 saturated heterocycles. The third-order valence-electron chi connectivity index (χ3n) is 5.17. The zero-order valence-electron chi connectivity index (χ0n) is 15.9. The van der Waals surface area contributed by atoms with Crippen LogP contribution in [0.5, 0.6) is 0 Å². The molecule has 1 aliphatic heterocycles. The van der Waals surface area contributed by atoms with Gasteiger partial charge < -0.3 is 14.7 Å². The van der Waals surface area contributed by atoms with E-state index in [2.05, 4.69) is 22.4 Å². The van der Waals surface area contributed by atoms with Crippen molar-refractivity contribution in [1.29, 1.82) is 0 Å². The predicted molar refractivity (Wildman–Crippen MR) is 101 cm³/mol. The lowest BCUT2D eigenvalue weighted by atomic mass is 9.99. The monoisotopic (exact) mass is 356 g/mol. The second-order valence-corrected chi connectivity index (χ2v) is 7.24. The zero-order chi connectivity index (χ0) is 18.5. The SMILES string of the molecule is Cc1noc(C)c1CCCNc1ccc(C(=O)N2CCC(C)CC2)cn1. The standard InChI is InChI=1S/C20H28N4O2/c1-14-8-11-24(12-9-14)20(25)17-6-7-19(22-13-17)21-10-4-5-18-15(2)23-26-16(18)3/h6-7,13-14H,4-5,8-12H2,1-3H3,(H,21,22). The van der Waals surface area contributed by atoms with Gasteiger partial charge in [-0.05, 0) is 57.6 Å². The van der Waals surface area contributed by atoms with Crippen molar-refractivity contribution in [2.45, 2.75) is 46.5 Å². The van der Waals surface area contributed by atoms with Gasteiger partial charge in [0, 0.05) is 31.4 Å². The molecule has 0 unspecified atom stereocenters. The Bertz CT molecular complexity index is 711. The van der Waals surface area contributed by atoms with E-state index < -0.39 is 0 Å². The second kappa shape index (κ2) is 8.34. The van der Waals surface area contributed by atoms with Gasteiger partial charge in [-0.15, -0.1) is 0 Å². The third kappa shape index (κ3) is 4.42. The fourth-order valence-corrected chi connectivity index (χ4v) is 3.36. The number of nitrogens with zero attached hydrogens (tertiary/aromatic N) is 3. The van der Waals surface area contributed by atoms with E-state index in [4.69, 9.17) is 4.52 Å². The number of anilines is 1. The van der Waals surface area contributed by atoms with Gasteiger partial charge in [-0.3, -0.25) is 4.79 Å². The van der Waals surface area contributed by atoms with Crippen LogP contribution >= 0.6 is 0 Å². The fourth-order valence-electron chi connectivity index (χ4n) is 3.36. The van der Waals surface area contributed by atoms with E-state index in [1.807, 2.05) is 30.9 Å². The van der Waals surface area contributed by atoms with Crippen molar-refractivity contribution in [1.82, 2.24) is 15.0 Å². The van der Waals surface area contributed by atoms with Crippen LogP contribution in [0.25, 0.3) is 0 Å². The number of piperidine rings is 1. The Morgan fingerprint density at radius 1 is 1.31 bits per heavy atom. The van der Waals surface area contributed by atoms with E-state index in [0.29, 0.717) is 11.5 Å². The summed E-state index contributed by atoms with van der Waals surface area (Å²) in [7, 11) is 0. The highest BCUT2D eigenvalue weighted by molar-refractivity contribution is 5.94. The number of aromatic nitrogens is 2. The molecule has 1 N–H and O–H groups in total. The van der Waals surface area contributed by atoms with Crippen molar-refractivity contribution < 1.29 is 9.32 Å². The molecular formula is C20H28N4O2. The number of nitrogens with one attached hydrogen (secondary N) is 1. The molecule has 0 saturated carbocycles. The molecule has 6 heteroatoms. The molecule has 1 aliphatic rings. The van der Waals surface area contributed by atoms with Crippen LogP contribution < -0.4 is 5.32 Å². The van der Waals surface area contributed by atoms with Gasteiger partial charge in [-0.25, -0.2) is 4.98 Å². The minimum atomic E-state index is 0.0920. The van der Waals surface area contributed by atoms with Crippen molar-refractivity contribution >= 4 is 11.7 Å². The average Bonchev–Trinajstić information content (AvgIpc) is 2.97. The third-order valence-corrected chi connectivity index (χ3v) is 5.17. The van der Waals surface area contributed by atoms with Gasteiger partial charge in [-0.2, -0.15) is 0 Å². The number of pyridine rings is 1. The predicted octanol–water partition coefficient (Wildman–Crippen LogP) is 3.60. The second-order valence-electron chi connectivity index (χ2n) is 7.24. The molecule has 3 rings (SSSR count). The van der Waals surface area contributed by atoms with Crippen LogP contribution in [-0.2, 0) is 6.42 Å². The van der Waals surface area contributed by atoms with Crippen LogP contribution in [0.3, 0.4) is 0 Å². The zero-order valence-corrected chi connectivity index (χ0v) is 15.9. The Kier molecular flexibility index (Phi) is 5.91. The van der Waals surface area contributed by atoms with Crippen molar-refractivity contribution in [2.75, 3.05) is 25.0 Å². The lowest BCUT2D eigenvalue weighted by Crippen LogP contribution is -2.37. The summed E-state index contributed by atoms with van der Waals surface area (Å²) in [5, 5.41) is 7.29. The van der Waals surface area contributed by atoms with Gasteiger partial charge in [0.1, 0.15) is 11.6 Å². The van der Waals surface area contributed by atoms with Crippen LogP contribution in [0.4, 0.5) is 5.82 Å². The van der Waals surface area contributed by atoms with Crippen LogP contribution in [0, 0.1) is 19.8 Å². The maximum atomic E-state index is 12.5. The first kappa shape index (κ1) is 18.4. The highest BCUT2D eigenvalue weighted by atomic mass is 16.5. The number of carbonyl (C=O) groups excluding carboxylic acids is 1.